The first kappa shape index (κ1) is 14.5. The van der Waals surface area contributed by atoms with Crippen molar-refractivity contribution in [3.63, 3.8) is 0 Å². The second-order valence-corrected chi connectivity index (χ2v) is 5.29. The fraction of sp³-hybridized carbons (Fsp3) is 0.625. The summed E-state index contributed by atoms with van der Waals surface area (Å²) in [5, 5.41) is 6.94. The molecule has 0 radical (unpaired) electrons. The number of ether oxygens (including phenoxy) is 1. The average Bonchev–Trinajstić information content (AvgIpc) is 2.47. The van der Waals surface area contributed by atoms with Crippen LogP contribution in [0.2, 0.25) is 0 Å². The zero-order valence-electron chi connectivity index (χ0n) is 12.1. The van der Waals surface area contributed by atoms with Gasteiger partial charge in [-0.05, 0) is 31.0 Å². The number of benzene rings is 1. The van der Waals surface area contributed by atoms with E-state index in [1.807, 2.05) is 7.05 Å². The van der Waals surface area contributed by atoms with E-state index in [9.17, 15) is 0 Å². The molecule has 0 bridgehead atoms. The summed E-state index contributed by atoms with van der Waals surface area (Å²) in [5.74, 6) is 0. The van der Waals surface area contributed by atoms with E-state index in [1.165, 1.54) is 24.0 Å². The summed E-state index contributed by atoms with van der Waals surface area (Å²) >= 11 is 0. The molecule has 3 nitrogen and oxygen atoms in total. The van der Waals surface area contributed by atoms with E-state index in [0.29, 0.717) is 12.1 Å². The van der Waals surface area contributed by atoms with Crippen molar-refractivity contribution in [3.8, 4) is 0 Å². The lowest BCUT2D eigenvalue weighted by Gasteiger charge is -2.28. The molecule has 1 heterocycles. The van der Waals surface area contributed by atoms with Crippen LogP contribution in [0, 0.1) is 0 Å². The first-order chi connectivity index (χ1) is 9.33. The van der Waals surface area contributed by atoms with E-state index in [-0.39, 0.29) is 0 Å². The van der Waals surface area contributed by atoms with Gasteiger partial charge in [0, 0.05) is 18.6 Å². The Morgan fingerprint density at radius 2 is 2.16 bits per heavy atom. The van der Waals surface area contributed by atoms with Crippen molar-refractivity contribution in [3.05, 3.63) is 35.4 Å². The number of nitrogens with one attached hydrogen (secondary N) is 2. The van der Waals surface area contributed by atoms with Gasteiger partial charge in [0.2, 0.25) is 0 Å². The monoisotopic (exact) mass is 262 g/mol. The Balaban J connectivity index is 1.95. The Morgan fingerprint density at radius 1 is 1.37 bits per heavy atom. The van der Waals surface area contributed by atoms with Gasteiger partial charge in [0.1, 0.15) is 0 Å². The molecular weight excluding hydrogens is 236 g/mol. The van der Waals surface area contributed by atoms with E-state index >= 15 is 0 Å². The van der Waals surface area contributed by atoms with Gasteiger partial charge in [-0.25, -0.2) is 0 Å². The standard InChI is InChI=1S/C16H26N2O/c1-3-4-13-5-7-14(8-6-13)16(17-2)11-15-12-19-10-9-18-15/h5-8,15-18H,3-4,9-12H2,1-2H3. The Labute approximate surface area is 116 Å². The van der Waals surface area contributed by atoms with E-state index in [4.69, 9.17) is 4.74 Å². The predicted molar refractivity (Wildman–Crippen MR) is 79.5 cm³/mol. The van der Waals surface area contributed by atoms with Gasteiger partial charge in [-0.15, -0.1) is 0 Å². The molecule has 1 aromatic carbocycles. The molecule has 0 saturated carbocycles. The highest BCUT2D eigenvalue weighted by Gasteiger charge is 2.18. The van der Waals surface area contributed by atoms with Crippen LogP contribution in [0.15, 0.2) is 24.3 Å². The molecule has 1 fully saturated rings. The summed E-state index contributed by atoms with van der Waals surface area (Å²) in [4.78, 5) is 0. The topological polar surface area (TPSA) is 33.3 Å². The maximum absolute atomic E-state index is 5.52. The van der Waals surface area contributed by atoms with Gasteiger partial charge in [-0.2, -0.15) is 0 Å². The van der Waals surface area contributed by atoms with E-state index < -0.39 is 0 Å². The third kappa shape index (κ3) is 4.30. The molecule has 0 spiro atoms. The van der Waals surface area contributed by atoms with Gasteiger partial charge in [0.05, 0.1) is 13.2 Å². The summed E-state index contributed by atoms with van der Waals surface area (Å²) in [6.45, 7) is 4.86. The van der Waals surface area contributed by atoms with Crippen molar-refractivity contribution < 1.29 is 4.74 Å². The Morgan fingerprint density at radius 3 is 2.74 bits per heavy atom. The third-order valence-electron chi connectivity index (χ3n) is 3.79. The predicted octanol–water partition coefficient (Wildman–Crippen LogP) is 2.28. The summed E-state index contributed by atoms with van der Waals surface area (Å²) in [7, 11) is 2.04. The molecule has 2 unspecified atom stereocenters. The molecule has 0 aliphatic carbocycles. The van der Waals surface area contributed by atoms with Crippen LogP contribution >= 0.6 is 0 Å². The van der Waals surface area contributed by atoms with Crippen LogP contribution in [0.4, 0.5) is 0 Å². The highest BCUT2D eigenvalue weighted by molar-refractivity contribution is 5.25. The van der Waals surface area contributed by atoms with Crippen molar-refractivity contribution in [1.29, 1.82) is 0 Å². The Kier molecular flexibility index (Phi) is 5.83. The molecule has 2 rings (SSSR count). The fourth-order valence-electron chi connectivity index (χ4n) is 2.68. The number of hydrogen-bond acceptors (Lipinski definition) is 3. The van der Waals surface area contributed by atoms with E-state index in [0.717, 1.165) is 26.2 Å². The average molecular weight is 262 g/mol. The second kappa shape index (κ2) is 7.63. The largest absolute Gasteiger partial charge is 0.379 e. The van der Waals surface area contributed by atoms with E-state index in [2.05, 4.69) is 41.8 Å². The van der Waals surface area contributed by atoms with Crippen LogP contribution in [-0.2, 0) is 11.2 Å². The highest BCUT2D eigenvalue weighted by atomic mass is 16.5. The minimum Gasteiger partial charge on any atom is -0.379 e. The van der Waals surface area contributed by atoms with Gasteiger partial charge in [-0.3, -0.25) is 0 Å². The number of hydrogen-bond donors (Lipinski definition) is 2. The number of aryl methyl sites for hydroxylation is 1. The van der Waals surface area contributed by atoms with Crippen molar-refractivity contribution in [2.24, 2.45) is 0 Å². The van der Waals surface area contributed by atoms with Crippen LogP contribution < -0.4 is 10.6 Å². The van der Waals surface area contributed by atoms with Crippen LogP contribution in [0.25, 0.3) is 0 Å². The zero-order valence-corrected chi connectivity index (χ0v) is 12.1. The SMILES string of the molecule is CCCc1ccc(C(CC2COCCN2)NC)cc1. The maximum atomic E-state index is 5.52. The molecular formula is C16H26N2O. The smallest absolute Gasteiger partial charge is 0.0620 e. The molecule has 1 aliphatic rings. The molecule has 1 aliphatic heterocycles. The third-order valence-corrected chi connectivity index (χ3v) is 3.79. The summed E-state index contributed by atoms with van der Waals surface area (Å²) in [5.41, 5.74) is 2.80. The summed E-state index contributed by atoms with van der Waals surface area (Å²) < 4.78 is 5.52. The normalized spacial score (nSPS) is 21.3. The molecule has 2 N–H and O–H groups in total. The fourth-order valence-corrected chi connectivity index (χ4v) is 2.68. The Bertz CT molecular complexity index is 358. The van der Waals surface area contributed by atoms with Gasteiger partial charge >= 0.3 is 0 Å². The molecule has 3 heteroatoms. The van der Waals surface area contributed by atoms with Crippen molar-refractivity contribution in [2.45, 2.75) is 38.3 Å². The van der Waals surface area contributed by atoms with Crippen LogP contribution in [-0.4, -0.2) is 32.8 Å². The van der Waals surface area contributed by atoms with Crippen LogP contribution in [0.5, 0.6) is 0 Å². The van der Waals surface area contributed by atoms with Crippen LogP contribution in [0.3, 0.4) is 0 Å². The second-order valence-electron chi connectivity index (χ2n) is 5.29. The molecule has 0 aromatic heterocycles. The van der Waals surface area contributed by atoms with Crippen LogP contribution in [0.1, 0.15) is 36.9 Å². The van der Waals surface area contributed by atoms with Gasteiger partial charge in [0.15, 0.2) is 0 Å². The summed E-state index contributed by atoms with van der Waals surface area (Å²) in [6, 6.07) is 9.89. The lowest BCUT2D eigenvalue weighted by Crippen LogP contribution is -2.43. The lowest BCUT2D eigenvalue weighted by molar-refractivity contribution is 0.0708. The van der Waals surface area contributed by atoms with Gasteiger partial charge < -0.3 is 15.4 Å². The zero-order chi connectivity index (χ0) is 13.5. The minimum absolute atomic E-state index is 0.398. The molecule has 19 heavy (non-hydrogen) atoms. The van der Waals surface area contributed by atoms with Crippen molar-refractivity contribution in [1.82, 2.24) is 10.6 Å². The first-order valence-corrected chi connectivity index (χ1v) is 7.40. The number of morpholine rings is 1. The number of rotatable bonds is 6. The molecule has 2 atom stereocenters. The molecule has 1 aromatic rings. The first-order valence-electron chi connectivity index (χ1n) is 7.40. The molecule has 1 saturated heterocycles. The van der Waals surface area contributed by atoms with Gasteiger partial charge in [-0.1, -0.05) is 37.6 Å². The summed E-state index contributed by atoms with van der Waals surface area (Å²) in [6.07, 6.45) is 3.45. The lowest BCUT2D eigenvalue weighted by atomic mass is 9.97. The maximum Gasteiger partial charge on any atom is 0.0620 e. The highest BCUT2D eigenvalue weighted by Crippen LogP contribution is 2.20. The minimum atomic E-state index is 0.398. The Hall–Kier alpha value is -0.900. The molecule has 106 valence electrons. The van der Waals surface area contributed by atoms with Crippen molar-refractivity contribution in [2.75, 3.05) is 26.8 Å². The van der Waals surface area contributed by atoms with E-state index in [1.54, 1.807) is 0 Å². The quantitative estimate of drug-likeness (QED) is 0.825. The van der Waals surface area contributed by atoms with Gasteiger partial charge in [0.25, 0.3) is 0 Å². The van der Waals surface area contributed by atoms with Crippen molar-refractivity contribution >= 4 is 0 Å². The molecule has 0 amide bonds.